The molecule has 8 heteroatoms. The van der Waals surface area contributed by atoms with E-state index in [0.29, 0.717) is 22.8 Å². The number of benzene rings is 2. The molecule has 0 bridgehead atoms. The average molecular weight is 572 g/mol. The minimum absolute atomic E-state index is 0.360. The van der Waals surface area contributed by atoms with Crippen LogP contribution in [0.1, 0.15) is 95.9 Å². The van der Waals surface area contributed by atoms with Gasteiger partial charge < -0.3 is 20.3 Å². The van der Waals surface area contributed by atoms with Gasteiger partial charge in [-0.1, -0.05) is 92.6 Å². The van der Waals surface area contributed by atoms with Gasteiger partial charge in [-0.25, -0.2) is 4.79 Å². The fourth-order valence-electron chi connectivity index (χ4n) is 4.52. The Balaban J connectivity index is 2.44. The minimum Gasteiger partial charge on any atom is -0.444 e. The Morgan fingerprint density at radius 2 is 1.62 bits per heavy atom. The molecule has 0 heterocycles. The molecule has 0 fully saturated rings. The molecular weight excluding hydrogens is 526 g/mol. The molecular formula is C32H46ClN3O4. The van der Waals surface area contributed by atoms with Crippen molar-refractivity contribution in [1.82, 2.24) is 10.2 Å². The number of amides is 3. The summed E-state index contributed by atoms with van der Waals surface area (Å²) in [5.74, 6) is -0.734. The second-order valence-electron chi connectivity index (χ2n) is 11.4. The lowest BCUT2D eigenvalue weighted by Gasteiger charge is -2.34. The Kier molecular flexibility index (Phi) is 13.0. The van der Waals surface area contributed by atoms with E-state index in [1.165, 1.54) is 6.42 Å². The highest BCUT2D eigenvalue weighted by atomic mass is 35.5. The van der Waals surface area contributed by atoms with E-state index in [4.69, 9.17) is 16.3 Å². The van der Waals surface area contributed by atoms with Crippen LogP contribution in [0.3, 0.4) is 0 Å². The van der Waals surface area contributed by atoms with Gasteiger partial charge in [0.2, 0.25) is 5.91 Å². The monoisotopic (exact) mass is 571 g/mol. The van der Waals surface area contributed by atoms with E-state index in [2.05, 4.69) is 17.6 Å². The van der Waals surface area contributed by atoms with Crippen LogP contribution in [0.15, 0.2) is 42.5 Å². The zero-order chi connectivity index (χ0) is 29.9. The number of hydrogen-bond donors (Lipinski definition) is 2. The van der Waals surface area contributed by atoms with Crippen LogP contribution >= 0.6 is 11.6 Å². The lowest BCUT2D eigenvalue weighted by atomic mass is 10.00. The summed E-state index contributed by atoms with van der Waals surface area (Å²) in [5, 5.41) is 6.06. The summed E-state index contributed by atoms with van der Waals surface area (Å²) in [6.07, 6.45) is 5.49. The third-order valence-electron chi connectivity index (χ3n) is 6.53. The smallest absolute Gasteiger partial charge is 0.408 e. The van der Waals surface area contributed by atoms with Gasteiger partial charge in [0.25, 0.3) is 5.91 Å². The largest absolute Gasteiger partial charge is 0.444 e. The van der Waals surface area contributed by atoms with Crippen LogP contribution in [-0.2, 0) is 14.3 Å². The predicted octanol–water partition coefficient (Wildman–Crippen LogP) is 7.74. The van der Waals surface area contributed by atoms with Gasteiger partial charge in [-0.2, -0.15) is 0 Å². The van der Waals surface area contributed by atoms with Crippen LogP contribution in [0.5, 0.6) is 0 Å². The van der Waals surface area contributed by atoms with E-state index >= 15 is 0 Å². The van der Waals surface area contributed by atoms with Crippen molar-refractivity contribution in [2.24, 2.45) is 0 Å². The summed E-state index contributed by atoms with van der Waals surface area (Å²) in [4.78, 5) is 42.0. The molecule has 220 valence electrons. The number of ether oxygens (including phenoxy) is 1. The molecule has 0 aliphatic rings. The molecule has 7 nitrogen and oxygen atoms in total. The van der Waals surface area contributed by atoms with E-state index in [1.807, 2.05) is 50.2 Å². The number of halogens is 1. The van der Waals surface area contributed by atoms with E-state index in [1.54, 1.807) is 38.7 Å². The summed E-state index contributed by atoms with van der Waals surface area (Å²) < 4.78 is 5.37. The highest BCUT2D eigenvalue weighted by Gasteiger charge is 2.35. The van der Waals surface area contributed by atoms with Crippen LogP contribution in [-0.4, -0.2) is 41.0 Å². The van der Waals surface area contributed by atoms with Gasteiger partial charge in [0.05, 0.1) is 10.7 Å². The molecule has 0 radical (unpaired) electrons. The fourth-order valence-corrected chi connectivity index (χ4v) is 4.79. The highest BCUT2D eigenvalue weighted by molar-refractivity contribution is 6.34. The Bertz CT molecular complexity index is 1120. The number of nitrogens with zero attached hydrogens (tertiary/aromatic N) is 1. The van der Waals surface area contributed by atoms with Crippen molar-refractivity contribution < 1.29 is 19.1 Å². The SMILES string of the molecule is CCCCCCCCN(C(=O)C(C)NC(=O)OC(C)(C)C)C(C(=O)Nc1c(C)cccc1Cl)c1cccc(C)c1. The van der Waals surface area contributed by atoms with Crippen molar-refractivity contribution in [1.29, 1.82) is 0 Å². The number of anilines is 1. The fraction of sp³-hybridized carbons (Fsp3) is 0.531. The number of unbranched alkanes of at least 4 members (excludes halogenated alkanes) is 5. The maximum absolute atomic E-state index is 14.0. The number of alkyl carbamates (subject to hydrolysis) is 1. The van der Waals surface area contributed by atoms with Crippen LogP contribution in [0, 0.1) is 13.8 Å². The zero-order valence-electron chi connectivity index (χ0n) is 25.1. The second-order valence-corrected chi connectivity index (χ2v) is 11.8. The first-order valence-electron chi connectivity index (χ1n) is 14.3. The summed E-state index contributed by atoms with van der Waals surface area (Å²) in [6, 6.07) is 11.2. The Morgan fingerprint density at radius 1 is 0.975 bits per heavy atom. The normalized spacial score (nSPS) is 12.8. The number of hydrogen-bond acceptors (Lipinski definition) is 4. The minimum atomic E-state index is -0.929. The lowest BCUT2D eigenvalue weighted by molar-refractivity contribution is -0.140. The molecule has 2 N–H and O–H groups in total. The number of rotatable bonds is 13. The number of aryl methyl sites for hydroxylation is 2. The lowest BCUT2D eigenvalue weighted by Crippen LogP contribution is -2.51. The van der Waals surface area contributed by atoms with E-state index in [9.17, 15) is 14.4 Å². The molecule has 0 aliphatic carbocycles. The topological polar surface area (TPSA) is 87.7 Å². The molecule has 2 aromatic carbocycles. The van der Waals surface area contributed by atoms with Crippen molar-refractivity contribution >= 4 is 35.2 Å². The predicted molar refractivity (Wildman–Crippen MR) is 163 cm³/mol. The average Bonchev–Trinajstić information content (AvgIpc) is 2.86. The molecule has 0 aromatic heterocycles. The van der Waals surface area contributed by atoms with Gasteiger partial charge in [0.15, 0.2) is 0 Å². The molecule has 2 aromatic rings. The van der Waals surface area contributed by atoms with E-state index in [0.717, 1.165) is 43.2 Å². The molecule has 2 atom stereocenters. The first kappa shape index (κ1) is 33.1. The Morgan fingerprint density at radius 3 is 2.25 bits per heavy atom. The van der Waals surface area contributed by atoms with Crippen molar-refractivity contribution in [2.75, 3.05) is 11.9 Å². The quantitative estimate of drug-likeness (QED) is 0.241. The second kappa shape index (κ2) is 15.7. The number of nitrogens with one attached hydrogen (secondary N) is 2. The number of para-hydroxylation sites is 1. The van der Waals surface area contributed by atoms with Gasteiger partial charge in [-0.15, -0.1) is 0 Å². The Labute approximate surface area is 245 Å². The van der Waals surface area contributed by atoms with E-state index < -0.39 is 23.8 Å². The molecule has 2 rings (SSSR count). The molecule has 0 aliphatic heterocycles. The zero-order valence-corrected chi connectivity index (χ0v) is 25.9. The van der Waals surface area contributed by atoms with Crippen molar-refractivity contribution in [3.05, 3.63) is 64.2 Å². The van der Waals surface area contributed by atoms with Crippen LogP contribution in [0.2, 0.25) is 5.02 Å². The molecule has 3 amide bonds. The van der Waals surface area contributed by atoms with Crippen molar-refractivity contribution in [3.63, 3.8) is 0 Å². The maximum atomic E-state index is 14.0. The summed E-state index contributed by atoms with van der Waals surface area (Å²) in [6.45, 7) is 13.3. The standard InChI is InChI=1S/C32H46ClN3O4/c1-8-9-10-11-12-13-20-36(30(38)24(4)34-31(39)40-32(5,6)7)28(25-18-14-16-22(2)21-25)29(37)35-27-23(3)17-15-19-26(27)33/h14-19,21,24,28H,8-13,20H2,1-7H3,(H,34,39)(H,35,37). The van der Waals surface area contributed by atoms with Gasteiger partial charge in [0.1, 0.15) is 17.7 Å². The molecule has 2 unspecified atom stereocenters. The summed E-state index contributed by atoms with van der Waals surface area (Å²) in [5.41, 5.74) is 2.28. The van der Waals surface area contributed by atoms with Crippen LogP contribution in [0.25, 0.3) is 0 Å². The van der Waals surface area contributed by atoms with Gasteiger partial charge in [-0.05, 0) is 65.2 Å². The Hall–Kier alpha value is -3.06. The van der Waals surface area contributed by atoms with Crippen molar-refractivity contribution in [2.45, 2.75) is 105 Å². The van der Waals surface area contributed by atoms with Gasteiger partial charge >= 0.3 is 6.09 Å². The van der Waals surface area contributed by atoms with Gasteiger partial charge in [0, 0.05) is 6.54 Å². The maximum Gasteiger partial charge on any atom is 0.408 e. The first-order chi connectivity index (χ1) is 18.8. The highest BCUT2D eigenvalue weighted by Crippen LogP contribution is 2.30. The summed E-state index contributed by atoms with van der Waals surface area (Å²) in [7, 11) is 0. The van der Waals surface area contributed by atoms with E-state index in [-0.39, 0.29) is 11.8 Å². The number of carbonyl (C=O) groups is 3. The molecule has 0 saturated carbocycles. The van der Waals surface area contributed by atoms with Crippen molar-refractivity contribution in [3.8, 4) is 0 Å². The molecule has 0 saturated heterocycles. The molecule has 40 heavy (non-hydrogen) atoms. The molecule has 0 spiro atoms. The number of carbonyl (C=O) groups excluding carboxylic acids is 3. The third kappa shape index (κ3) is 10.5. The third-order valence-corrected chi connectivity index (χ3v) is 6.84. The van der Waals surface area contributed by atoms with Crippen LogP contribution < -0.4 is 10.6 Å². The first-order valence-corrected chi connectivity index (χ1v) is 14.6. The summed E-state index contributed by atoms with van der Waals surface area (Å²) >= 11 is 6.44. The van der Waals surface area contributed by atoms with Gasteiger partial charge in [-0.3, -0.25) is 9.59 Å². The van der Waals surface area contributed by atoms with Crippen LogP contribution in [0.4, 0.5) is 10.5 Å².